The number of carbonyl (C=O) groups excluding carboxylic acids is 2. The monoisotopic (exact) mass is 490 g/mol. The zero-order valence-corrected chi connectivity index (χ0v) is 19.0. The van der Waals surface area contributed by atoms with Crippen molar-refractivity contribution in [3.05, 3.63) is 100 Å². The lowest BCUT2D eigenvalue weighted by Gasteiger charge is -2.27. The van der Waals surface area contributed by atoms with E-state index in [-0.39, 0.29) is 24.0 Å². The molecule has 1 aliphatic rings. The molecule has 2 amide bonds. The molecular weight excluding hydrogens is 468 g/mol. The van der Waals surface area contributed by atoms with Crippen molar-refractivity contribution in [2.45, 2.75) is 12.8 Å². The summed E-state index contributed by atoms with van der Waals surface area (Å²) in [6, 6.07) is 21.8. The van der Waals surface area contributed by atoms with Crippen LogP contribution in [0, 0.1) is 0 Å². The molecule has 32 heavy (non-hydrogen) atoms. The van der Waals surface area contributed by atoms with Gasteiger partial charge in [0.2, 0.25) is 5.91 Å². The largest absolute Gasteiger partial charge is 0.508 e. The second-order valence-corrected chi connectivity index (χ2v) is 8.63. The predicted molar refractivity (Wildman–Crippen MR) is 130 cm³/mol. The third-order valence-corrected chi connectivity index (χ3v) is 5.93. The van der Waals surface area contributed by atoms with Crippen LogP contribution < -0.4 is 5.32 Å². The summed E-state index contributed by atoms with van der Waals surface area (Å²) in [4.78, 5) is 27.2. The smallest absolute Gasteiger partial charge is 0.254 e. The minimum Gasteiger partial charge on any atom is -0.508 e. The third kappa shape index (κ3) is 5.45. The molecule has 0 atom stereocenters. The van der Waals surface area contributed by atoms with Crippen LogP contribution in [0.2, 0.25) is 0 Å². The number of aromatic hydroxyl groups is 1. The van der Waals surface area contributed by atoms with Gasteiger partial charge in [-0.25, -0.2) is 0 Å². The van der Waals surface area contributed by atoms with Gasteiger partial charge in [0.05, 0.1) is 6.42 Å². The lowest BCUT2D eigenvalue weighted by molar-refractivity contribution is -0.115. The molecule has 0 radical (unpaired) electrons. The molecule has 3 aromatic rings. The molecule has 1 heterocycles. The second kappa shape index (κ2) is 9.83. The van der Waals surface area contributed by atoms with Gasteiger partial charge in [-0.2, -0.15) is 0 Å². The predicted octanol–water partition coefficient (Wildman–Crippen LogP) is 5.27. The van der Waals surface area contributed by atoms with Crippen molar-refractivity contribution < 1.29 is 14.7 Å². The average molecular weight is 491 g/mol. The fourth-order valence-corrected chi connectivity index (χ4v) is 3.96. The molecule has 0 aliphatic carbocycles. The third-order valence-electron chi connectivity index (χ3n) is 5.41. The fraction of sp³-hybridized carbons (Fsp3) is 0.154. The van der Waals surface area contributed by atoms with Crippen molar-refractivity contribution in [1.82, 2.24) is 4.90 Å². The van der Waals surface area contributed by atoms with Crippen LogP contribution in [0.1, 0.15) is 27.9 Å². The van der Waals surface area contributed by atoms with Crippen LogP contribution in [0.5, 0.6) is 5.75 Å². The highest BCUT2D eigenvalue weighted by Gasteiger charge is 2.20. The van der Waals surface area contributed by atoms with E-state index in [1.165, 1.54) is 5.57 Å². The van der Waals surface area contributed by atoms with E-state index >= 15 is 0 Å². The number of hydrogen-bond donors (Lipinski definition) is 2. The minimum atomic E-state index is -0.128. The Morgan fingerprint density at radius 3 is 2.44 bits per heavy atom. The van der Waals surface area contributed by atoms with Gasteiger partial charge in [0, 0.05) is 28.8 Å². The number of phenolic OH excluding ortho intramolecular Hbond substituents is 1. The minimum absolute atomic E-state index is 0.0602. The average Bonchev–Trinajstić information content (AvgIpc) is 2.81. The summed E-state index contributed by atoms with van der Waals surface area (Å²) in [5.41, 5.74) is 4.30. The molecule has 0 spiro atoms. The van der Waals surface area contributed by atoms with E-state index in [1.54, 1.807) is 41.3 Å². The molecule has 162 valence electrons. The lowest BCUT2D eigenvalue weighted by Crippen LogP contribution is -2.34. The molecule has 0 saturated heterocycles. The van der Waals surface area contributed by atoms with Gasteiger partial charge >= 0.3 is 0 Å². The molecule has 2 N–H and O–H groups in total. The van der Waals surface area contributed by atoms with E-state index in [2.05, 4.69) is 27.3 Å². The first-order chi connectivity index (χ1) is 15.5. The highest BCUT2D eigenvalue weighted by atomic mass is 79.9. The van der Waals surface area contributed by atoms with Gasteiger partial charge in [-0.3, -0.25) is 9.59 Å². The van der Waals surface area contributed by atoms with Crippen LogP contribution in [0.4, 0.5) is 5.69 Å². The normalized spacial score (nSPS) is 13.4. The summed E-state index contributed by atoms with van der Waals surface area (Å²) in [7, 11) is 0. The number of nitrogens with one attached hydrogen (secondary N) is 1. The molecule has 5 nitrogen and oxygen atoms in total. The molecule has 0 fully saturated rings. The maximum atomic E-state index is 13.0. The summed E-state index contributed by atoms with van der Waals surface area (Å²) in [5, 5.41) is 12.3. The number of halogens is 1. The Labute approximate surface area is 195 Å². The van der Waals surface area contributed by atoms with Gasteiger partial charge in [-0.1, -0.05) is 52.3 Å². The van der Waals surface area contributed by atoms with Crippen molar-refractivity contribution in [2.75, 3.05) is 18.4 Å². The molecule has 0 aromatic heterocycles. The number of hydrogen-bond acceptors (Lipinski definition) is 3. The zero-order valence-electron chi connectivity index (χ0n) is 17.4. The molecule has 3 aromatic carbocycles. The van der Waals surface area contributed by atoms with Gasteiger partial charge in [0.25, 0.3) is 5.91 Å². The Hall–Kier alpha value is -3.38. The Bertz CT molecular complexity index is 1150. The fourth-order valence-electron chi connectivity index (χ4n) is 3.70. The molecule has 0 saturated carbocycles. The Kier molecular flexibility index (Phi) is 6.71. The Morgan fingerprint density at radius 2 is 1.75 bits per heavy atom. The number of phenols is 1. The Morgan fingerprint density at radius 1 is 1.00 bits per heavy atom. The standard InChI is InChI=1S/C26H23BrN2O3/c27-22-8-4-18(5-9-22)16-25(31)28-23-3-1-2-21(17-23)26(32)29-14-12-20(13-15-29)19-6-10-24(30)11-7-19/h1-12,17,30H,13-16H2,(H,28,31). The summed E-state index contributed by atoms with van der Waals surface area (Å²) < 4.78 is 0.968. The first-order valence-corrected chi connectivity index (χ1v) is 11.2. The van der Waals surface area contributed by atoms with Crippen LogP contribution in [0.15, 0.2) is 83.3 Å². The van der Waals surface area contributed by atoms with Crippen LogP contribution in [-0.2, 0) is 11.2 Å². The second-order valence-electron chi connectivity index (χ2n) is 7.71. The highest BCUT2D eigenvalue weighted by molar-refractivity contribution is 9.10. The maximum Gasteiger partial charge on any atom is 0.254 e. The zero-order chi connectivity index (χ0) is 22.5. The van der Waals surface area contributed by atoms with E-state index in [0.717, 1.165) is 22.0 Å². The van der Waals surface area contributed by atoms with Crippen LogP contribution >= 0.6 is 15.9 Å². The van der Waals surface area contributed by atoms with E-state index in [9.17, 15) is 14.7 Å². The quantitative estimate of drug-likeness (QED) is 0.511. The number of anilines is 1. The van der Waals surface area contributed by atoms with Crippen molar-refractivity contribution in [3.8, 4) is 5.75 Å². The van der Waals surface area contributed by atoms with Crippen LogP contribution in [-0.4, -0.2) is 34.9 Å². The van der Waals surface area contributed by atoms with Gasteiger partial charge in [0.1, 0.15) is 5.75 Å². The van der Waals surface area contributed by atoms with E-state index < -0.39 is 0 Å². The number of benzene rings is 3. The van der Waals surface area contributed by atoms with Crippen molar-refractivity contribution in [3.63, 3.8) is 0 Å². The molecule has 6 heteroatoms. The number of rotatable bonds is 5. The first kappa shape index (κ1) is 21.8. The molecular formula is C26H23BrN2O3. The molecule has 1 aliphatic heterocycles. The molecule has 0 bridgehead atoms. The van der Waals surface area contributed by atoms with Crippen molar-refractivity contribution >= 4 is 39.0 Å². The topological polar surface area (TPSA) is 69.6 Å². The van der Waals surface area contributed by atoms with Gasteiger partial charge < -0.3 is 15.3 Å². The number of nitrogens with zero attached hydrogens (tertiary/aromatic N) is 1. The summed E-state index contributed by atoms with van der Waals surface area (Å²) >= 11 is 3.39. The van der Waals surface area contributed by atoms with E-state index in [0.29, 0.717) is 24.3 Å². The molecule has 4 rings (SSSR count). The summed E-state index contributed by atoms with van der Waals surface area (Å²) in [6.45, 7) is 1.14. The number of amides is 2. The SMILES string of the molecule is O=C(Cc1ccc(Br)cc1)Nc1cccc(C(=O)N2CC=C(c3ccc(O)cc3)CC2)c1. The van der Waals surface area contributed by atoms with Crippen molar-refractivity contribution in [1.29, 1.82) is 0 Å². The lowest BCUT2D eigenvalue weighted by atomic mass is 9.99. The van der Waals surface area contributed by atoms with Gasteiger partial charge in [-0.05, 0) is 65.6 Å². The van der Waals surface area contributed by atoms with Gasteiger partial charge in [0.15, 0.2) is 0 Å². The van der Waals surface area contributed by atoms with Gasteiger partial charge in [-0.15, -0.1) is 0 Å². The highest BCUT2D eigenvalue weighted by Crippen LogP contribution is 2.25. The number of carbonyl (C=O) groups is 2. The summed E-state index contributed by atoms with van der Waals surface area (Å²) in [5.74, 6) is 0.0529. The Balaban J connectivity index is 1.38. The van der Waals surface area contributed by atoms with E-state index in [4.69, 9.17) is 0 Å². The van der Waals surface area contributed by atoms with Crippen molar-refractivity contribution in [2.24, 2.45) is 0 Å². The molecule has 0 unspecified atom stereocenters. The van der Waals surface area contributed by atoms with Crippen LogP contribution in [0.3, 0.4) is 0 Å². The first-order valence-electron chi connectivity index (χ1n) is 10.4. The summed E-state index contributed by atoms with van der Waals surface area (Å²) in [6.07, 6.45) is 3.07. The maximum absolute atomic E-state index is 13.0. The van der Waals surface area contributed by atoms with E-state index in [1.807, 2.05) is 36.4 Å². The van der Waals surface area contributed by atoms with Crippen LogP contribution in [0.25, 0.3) is 5.57 Å².